The molecule has 1 aromatic carbocycles. The zero-order valence-electron chi connectivity index (χ0n) is 9.58. The molecule has 3 rings (SSSR count). The highest BCUT2D eigenvalue weighted by Crippen LogP contribution is 2.38. The largest absolute Gasteiger partial charge is 0.350 e. The summed E-state index contributed by atoms with van der Waals surface area (Å²) in [7, 11) is 0. The van der Waals surface area contributed by atoms with E-state index < -0.39 is 0 Å². The lowest BCUT2D eigenvalue weighted by atomic mass is 10.2. The summed E-state index contributed by atoms with van der Waals surface area (Å²) in [4.78, 5) is 4.30. The molecular formula is C12H12ClFN4. The van der Waals surface area contributed by atoms with E-state index in [2.05, 4.69) is 20.5 Å². The monoisotopic (exact) mass is 266 g/mol. The summed E-state index contributed by atoms with van der Waals surface area (Å²) in [6.45, 7) is 0.283. The lowest BCUT2D eigenvalue weighted by Crippen LogP contribution is -2.04. The van der Waals surface area contributed by atoms with Gasteiger partial charge in [-0.15, -0.1) is 0 Å². The molecule has 0 saturated heterocycles. The van der Waals surface area contributed by atoms with E-state index in [0.29, 0.717) is 22.5 Å². The van der Waals surface area contributed by atoms with E-state index in [4.69, 9.17) is 11.6 Å². The van der Waals surface area contributed by atoms with Crippen LogP contribution in [0.15, 0.2) is 18.2 Å². The van der Waals surface area contributed by atoms with Gasteiger partial charge in [-0.2, -0.15) is 10.1 Å². The van der Waals surface area contributed by atoms with Gasteiger partial charge >= 0.3 is 0 Å². The van der Waals surface area contributed by atoms with Gasteiger partial charge in [-0.25, -0.2) is 9.49 Å². The van der Waals surface area contributed by atoms with Gasteiger partial charge in [-0.1, -0.05) is 17.7 Å². The number of hydrogen-bond acceptors (Lipinski definition) is 3. The van der Waals surface area contributed by atoms with Crippen molar-refractivity contribution in [2.24, 2.45) is 0 Å². The Hall–Kier alpha value is -1.62. The number of benzene rings is 1. The molecule has 2 aromatic rings. The molecule has 18 heavy (non-hydrogen) atoms. The van der Waals surface area contributed by atoms with Crippen LogP contribution in [0.25, 0.3) is 0 Å². The highest BCUT2D eigenvalue weighted by molar-refractivity contribution is 6.31. The Kier molecular flexibility index (Phi) is 2.91. The number of hydrogen-bond donors (Lipinski definition) is 2. The molecule has 1 aliphatic carbocycles. The van der Waals surface area contributed by atoms with Crippen molar-refractivity contribution in [3.05, 3.63) is 40.4 Å². The molecule has 2 N–H and O–H groups in total. The first-order valence-electron chi connectivity index (χ1n) is 5.83. The van der Waals surface area contributed by atoms with E-state index in [0.717, 1.165) is 18.7 Å². The Morgan fingerprint density at radius 1 is 1.44 bits per heavy atom. The number of aromatic amines is 1. The van der Waals surface area contributed by atoms with Crippen LogP contribution in [0.1, 0.15) is 30.1 Å². The van der Waals surface area contributed by atoms with Crippen LogP contribution in [-0.4, -0.2) is 15.2 Å². The van der Waals surface area contributed by atoms with Crippen LogP contribution in [0.4, 0.5) is 10.3 Å². The number of anilines is 1. The smallest absolute Gasteiger partial charge is 0.218 e. The Labute approximate surface area is 109 Å². The summed E-state index contributed by atoms with van der Waals surface area (Å²) in [6.07, 6.45) is 2.30. The predicted molar refractivity (Wildman–Crippen MR) is 67.1 cm³/mol. The molecule has 1 saturated carbocycles. The zero-order valence-corrected chi connectivity index (χ0v) is 10.3. The van der Waals surface area contributed by atoms with E-state index in [1.54, 1.807) is 12.1 Å². The van der Waals surface area contributed by atoms with Gasteiger partial charge in [0.05, 0.1) is 0 Å². The molecule has 1 aliphatic rings. The molecule has 6 heteroatoms. The first kappa shape index (κ1) is 11.5. The molecule has 0 amide bonds. The second kappa shape index (κ2) is 4.57. The van der Waals surface area contributed by atoms with Crippen LogP contribution >= 0.6 is 11.6 Å². The van der Waals surface area contributed by atoms with Crippen molar-refractivity contribution in [1.29, 1.82) is 0 Å². The van der Waals surface area contributed by atoms with Gasteiger partial charge in [0.2, 0.25) is 5.95 Å². The van der Waals surface area contributed by atoms with E-state index in [1.165, 1.54) is 6.07 Å². The fraction of sp³-hybridized carbons (Fsp3) is 0.333. The zero-order chi connectivity index (χ0) is 12.5. The van der Waals surface area contributed by atoms with Crippen molar-refractivity contribution < 1.29 is 4.39 Å². The summed E-state index contributed by atoms with van der Waals surface area (Å²) in [6, 6.07) is 4.64. The van der Waals surface area contributed by atoms with E-state index >= 15 is 0 Å². The Balaban J connectivity index is 1.69. The maximum absolute atomic E-state index is 13.5. The number of halogens is 2. The Bertz CT molecular complexity index is 545. The standard InChI is InChI=1S/C12H12ClFN4/c13-9-2-1-3-10(14)8(9)6-15-12-16-11(17-18-12)7-4-5-7/h1-3,7H,4-6H2,(H2,15,16,17,18). The summed E-state index contributed by atoms with van der Waals surface area (Å²) in [5, 5.41) is 10.3. The molecule has 0 aliphatic heterocycles. The molecule has 0 radical (unpaired) electrons. The van der Waals surface area contributed by atoms with Gasteiger partial charge in [0, 0.05) is 23.0 Å². The number of nitrogens with zero attached hydrogens (tertiary/aromatic N) is 2. The molecule has 0 spiro atoms. The van der Waals surface area contributed by atoms with Gasteiger partial charge in [-0.3, -0.25) is 0 Å². The van der Waals surface area contributed by atoms with Crippen molar-refractivity contribution in [3.63, 3.8) is 0 Å². The van der Waals surface area contributed by atoms with Crippen molar-refractivity contribution in [3.8, 4) is 0 Å². The van der Waals surface area contributed by atoms with E-state index in [-0.39, 0.29) is 12.4 Å². The van der Waals surface area contributed by atoms with Crippen LogP contribution in [0.5, 0.6) is 0 Å². The highest BCUT2D eigenvalue weighted by atomic mass is 35.5. The third-order valence-electron chi connectivity index (χ3n) is 2.94. The number of nitrogens with one attached hydrogen (secondary N) is 2. The summed E-state index contributed by atoms with van der Waals surface area (Å²) < 4.78 is 13.5. The molecule has 0 atom stereocenters. The maximum Gasteiger partial charge on any atom is 0.218 e. The first-order chi connectivity index (χ1) is 8.74. The highest BCUT2D eigenvalue weighted by Gasteiger charge is 2.27. The SMILES string of the molecule is Fc1cccc(Cl)c1CNc1nc(C2CC2)n[nH]1. The minimum atomic E-state index is -0.322. The molecule has 1 fully saturated rings. The summed E-state index contributed by atoms with van der Waals surface area (Å²) >= 11 is 5.94. The molecule has 4 nitrogen and oxygen atoms in total. The van der Waals surface area contributed by atoms with Crippen LogP contribution in [-0.2, 0) is 6.54 Å². The Morgan fingerprint density at radius 3 is 3.00 bits per heavy atom. The lowest BCUT2D eigenvalue weighted by molar-refractivity contribution is 0.613. The quantitative estimate of drug-likeness (QED) is 0.894. The number of H-pyrrole nitrogens is 1. The van der Waals surface area contributed by atoms with Gasteiger partial charge in [-0.05, 0) is 25.0 Å². The average molecular weight is 267 g/mol. The van der Waals surface area contributed by atoms with Gasteiger partial charge in [0.15, 0.2) is 5.82 Å². The average Bonchev–Trinajstić information content (AvgIpc) is 3.09. The number of rotatable bonds is 4. The van der Waals surface area contributed by atoms with E-state index in [1.807, 2.05) is 0 Å². The molecule has 94 valence electrons. The fourth-order valence-corrected chi connectivity index (χ4v) is 1.98. The van der Waals surface area contributed by atoms with Crippen LogP contribution in [0.3, 0.4) is 0 Å². The van der Waals surface area contributed by atoms with Crippen molar-refractivity contribution in [2.45, 2.75) is 25.3 Å². The van der Waals surface area contributed by atoms with Gasteiger partial charge < -0.3 is 5.32 Å². The lowest BCUT2D eigenvalue weighted by Gasteiger charge is -2.06. The van der Waals surface area contributed by atoms with Crippen LogP contribution < -0.4 is 5.32 Å². The normalized spacial score (nSPS) is 14.8. The maximum atomic E-state index is 13.5. The minimum absolute atomic E-state index is 0.283. The van der Waals surface area contributed by atoms with Gasteiger partial charge in [0.25, 0.3) is 0 Å². The topological polar surface area (TPSA) is 53.6 Å². The minimum Gasteiger partial charge on any atom is -0.350 e. The van der Waals surface area contributed by atoms with Crippen LogP contribution in [0, 0.1) is 5.82 Å². The fourth-order valence-electron chi connectivity index (χ4n) is 1.75. The van der Waals surface area contributed by atoms with Crippen molar-refractivity contribution >= 4 is 17.5 Å². The molecule has 0 bridgehead atoms. The van der Waals surface area contributed by atoms with E-state index in [9.17, 15) is 4.39 Å². The predicted octanol–water partition coefficient (Wildman–Crippen LogP) is 3.09. The third kappa shape index (κ3) is 2.31. The van der Waals surface area contributed by atoms with Crippen molar-refractivity contribution in [1.82, 2.24) is 15.2 Å². The second-order valence-corrected chi connectivity index (χ2v) is 4.78. The molecule has 1 heterocycles. The van der Waals surface area contributed by atoms with Gasteiger partial charge in [0.1, 0.15) is 5.82 Å². The molecule has 1 aromatic heterocycles. The first-order valence-corrected chi connectivity index (χ1v) is 6.21. The second-order valence-electron chi connectivity index (χ2n) is 4.37. The van der Waals surface area contributed by atoms with Crippen molar-refractivity contribution in [2.75, 3.05) is 5.32 Å². The van der Waals surface area contributed by atoms with Crippen LogP contribution in [0.2, 0.25) is 5.02 Å². The third-order valence-corrected chi connectivity index (χ3v) is 3.29. The Morgan fingerprint density at radius 2 is 2.28 bits per heavy atom. The summed E-state index contributed by atoms with van der Waals surface area (Å²) in [5.41, 5.74) is 0.434. The number of aromatic nitrogens is 3. The summed E-state index contributed by atoms with van der Waals surface area (Å²) in [5.74, 6) is 1.55. The molecule has 0 unspecified atom stereocenters. The molecular weight excluding hydrogens is 255 g/mol.